The predicted octanol–water partition coefficient (Wildman–Crippen LogP) is 15.5. The number of para-hydroxylation sites is 4. The molecule has 0 unspecified atom stereocenters. The average molecular weight is 843 g/mol. The van der Waals surface area contributed by atoms with Gasteiger partial charge in [0.15, 0.2) is 0 Å². The SMILES string of the molecule is Fc1ccc(Cn2c3ccccc3c3cc(N(c4ccc(N(c5ccccc5)c5ccccc5)cc4)c4ccc5c(c4)c4ccccc4n5Cc4ccc(F)cc4F)ccc32)c(F)c1. The van der Waals surface area contributed by atoms with Gasteiger partial charge in [-0.2, -0.15) is 0 Å². The third-order valence-electron chi connectivity index (χ3n) is 12.1. The second-order valence-electron chi connectivity index (χ2n) is 15.9. The number of fused-ring (bicyclic) bond motifs is 6. The fraction of sp³-hybridized carbons (Fsp3) is 0.0357. The van der Waals surface area contributed by atoms with Gasteiger partial charge in [-0.15, -0.1) is 0 Å². The first-order chi connectivity index (χ1) is 31.4. The molecular formula is C56H38F4N4. The number of halogens is 4. The fourth-order valence-corrected chi connectivity index (χ4v) is 9.14. The minimum Gasteiger partial charge on any atom is -0.336 e. The standard InChI is InChI=1S/C56H38F4N4/c57-39-21-19-37(51(59)31-39)35-61-53-17-9-7-15-47(53)49-33-45(27-29-55(49)61)64(44-25-23-43(24-26-44)63(41-11-3-1-4-12-41)42-13-5-2-6-14-42)46-28-30-56-50(34-46)48-16-8-10-18-54(48)62(56)36-38-20-22-40(58)32-52(38)60/h1-34H,35-36H2. The van der Waals surface area contributed by atoms with Gasteiger partial charge in [-0.25, -0.2) is 17.6 Å². The van der Waals surface area contributed by atoms with Gasteiger partial charge in [0.05, 0.1) is 13.1 Å². The van der Waals surface area contributed by atoms with Gasteiger partial charge < -0.3 is 18.9 Å². The molecule has 4 nitrogen and oxygen atoms in total. The zero-order chi connectivity index (χ0) is 43.3. The topological polar surface area (TPSA) is 16.3 Å². The molecule has 0 atom stereocenters. The molecule has 0 spiro atoms. The number of anilines is 6. The van der Waals surface area contributed by atoms with E-state index in [0.29, 0.717) is 11.1 Å². The molecule has 0 N–H and O–H groups in total. The molecule has 2 aromatic heterocycles. The molecule has 11 rings (SSSR count). The van der Waals surface area contributed by atoms with Crippen molar-refractivity contribution in [1.82, 2.24) is 9.13 Å². The third-order valence-corrected chi connectivity index (χ3v) is 12.1. The lowest BCUT2D eigenvalue weighted by Crippen LogP contribution is -2.12. The van der Waals surface area contributed by atoms with Crippen LogP contribution in [0.2, 0.25) is 0 Å². The molecule has 9 aromatic carbocycles. The first kappa shape index (κ1) is 38.8. The van der Waals surface area contributed by atoms with E-state index in [9.17, 15) is 8.78 Å². The van der Waals surface area contributed by atoms with Crippen LogP contribution in [0.5, 0.6) is 0 Å². The van der Waals surface area contributed by atoms with Crippen LogP contribution in [0.15, 0.2) is 206 Å². The minimum absolute atomic E-state index is 0.225. The van der Waals surface area contributed by atoms with Crippen molar-refractivity contribution in [1.29, 1.82) is 0 Å². The highest BCUT2D eigenvalue weighted by Gasteiger charge is 2.21. The van der Waals surface area contributed by atoms with E-state index in [1.807, 2.05) is 72.8 Å². The van der Waals surface area contributed by atoms with Crippen molar-refractivity contribution in [2.75, 3.05) is 9.80 Å². The summed E-state index contributed by atoms with van der Waals surface area (Å²) in [6.07, 6.45) is 0. The van der Waals surface area contributed by atoms with Crippen LogP contribution in [0.3, 0.4) is 0 Å². The van der Waals surface area contributed by atoms with Crippen LogP contribution >= 0.6 is 0 Å². The number of nitrogens with zero attached hydrogens (tertiary/aromatic N) is 4. The van der Waals surface area contributed by atoms with E-state index < -0.39 is 23.3 Å². The monoisotopic (exact) mass is 842 g/mol. The summed E-state index contributed by atoms with van der Waals surface area (Å²) in [4.78, 5) is 4.46. The molecule has 0 amide bonds. The van der Waals surface area contributed by atoms with Gasteiger partial charge in [-0.1, -0.05) is 84.9 Å². The Morgan fingerprint density at radius 2 is 0.641 bits per heavy atom. The van der Waals surface area contributed by atoms with Gasteiger partial charge in [0.1, 0.15) is 23.3 Å². The predicted molar refractivity (Wildman–Crippen MR) is 253 cm³/mol. The summed E-state index contributed by atoms with van der Waals surface area (Å²) in [5.74, 6) is -2.40. The zero-order valence-electron chi connectivity index (χ0n) is 34.3. The van der Waals surface area contributed by atoms with Crippen molar-refractivity contribution < 1.29 is 17.6 Å². The Labute approximate surface area is 366 Å². The van der Waals surface area contributed by atoms with Crippen LogP contribution < -0.4 is 9.80 Å². The number of hydrogen-bond acceptors (Lipinski definition) is 2. The highest BCUT2D eigenvalue weighted by molar-refractivity contribution is 6.11. The van der Waals surface area contributed by atoms with Gasteiger partial charge in [0.2, 0.25) is 0 Å². The number of aromatic nitrogens is 2. The molecule has 310 valence electrons. The first-order valence-electron chi connectivity index (χ1n) is 21.1. The molecule has 0 bridgehead atoms. The maximum Gasteiger partial charge on any atom is 0.131 e. The molecule has 0 aliphatic rings. The molecule has 64 heavy (non-hydrogen) atoms. The summed E-state index contributed by atoms with van der Waals surface area (Å²) in [6.45, 7) is 0.449. The van der Waals surface area contributed by atoms with Crippen LogP contribution in [-0.2, 0) is 13.1 Å². The van der Waals surface area contributed by atoms with Crippen LogP contribution in [0, 0.1) is 23.3 Å². The number of hydrogen-bond donors (Lipinski definition) is 0. The molecule has 0 saturated heterocycles. The highest BCUT2D eigenvalue weighted by Crippen LogP contribution is 2.43. The second-order valence-corrected chi connectivity index (χ2v) is 15.9. The Kier molecular flexibility index (Phi) is 9.69. The van der Waals surface area contributed by atoms with E-state index in [4.69, 9.17) is 0 Å². The fourth-order valence-electron chi connectivity index (χ4n) is 9.14. The summed E-state index contributed by atoms with van der Waals surface area (Å²) in [5, 5.41) is 3.97. The van der Waals surface area contributed by atoms with E-state index in [-0.39, 0.29) is 13.1 Å². The molecule has 11 aromatic rings. The highest BCUT2D eigenvalue weighted by atomic mass is 19.1. The van der Waals surface area contributed by atoms with Gasteiger partial charge in [-0.3, -0.25) is 0 Å². The lowest BCUT2D eigenvalue weighted by molar-refractivity contribution is 0.568. The summed E-state index contributed by atoms with van der Waals surface area (Å²) >= 11 is 0. The van der Waals surface area contributed by atoms with Gasteiger partial charge in [0, 0.05) is 101 Å². The summed E-state index contributed by atoms with van der Waals surface area (Å²) in [6, 6.07) is 65.3. The largest absolute Gasteiger partial charge is 0.336 e. The number of benzene rings is 9. The normalized spacial score (nSPS) is 11.6. The van der Waals surface area contributed by atoms with Crippen LogP contribution in [0.1, 0.15) is 11.1 Å². The molecule has 8 heteroatoms. The Bertz CT molecular complexity index is 3300. The Morgan fingerprint density at radius 1 is 0.297 bits per heavy atom. The Morgan fingerprint density at radius 3 is 1.06 bits per heavy atom. The van der Waals surface area contributed by atoms with Crippen molar-refractivity contribution in [3.05, 3.63) is 241 Å². The van der Waals surface area contributed by atoms with Crippen molar-refractivity contribution in [2.45, 2.75) is 13.1 Å². The smallest absolute Gasteiger partial charge is 0.131 e. The van der Waals surface area contributed by atoms with Crippen molar-refractivity contribution >= 4 is 77.7 Å². The van der Waals surface area contributed by atoms with Gasteiger partial charge in [0.25, 0.3) is 0 Å². The molecular weight excluding hydrogens is 805 g/mol. The maximum absolute atomic E-state index is 15.1. The van der Waals surface area contributed by atoms with Crippen molar-refractivity contribution in [3.8, 4) is 0 Å². The summed E-state index contributed by atoms with van der Waals surface area (Å²) in [7, 11) is 0. The Balaban J connectivity index is 1.08. The molecule has 2 heterocycles. The van der Waals surface area contributed by atoms with Crippen LogP contribution in [0.4, 0.5) is 51.7 Å². The average Bonchev–Trinajstić information content (AvgIpc) is 3.80. The minimum atomic E-state index is -0.612. The molecule has 0 saturated carbocycles. The third kappa shape index (κ3) is 6.90. The summed E-state index contributed by atoms with van der Waals surface area (Å²) in [5.41, 5.74) is 10.2. The quantitative estimate of drug-likeness (QED) is 0.128. The van der Waals surface area contributed by atoms with E-state index in [2.05, 4.69) is 116 Å². The molecule has 0 aliphatic carbocycles. The van der Waals surface area contributed by atoms with Gasteiger partial charge >= 0.3 is 0 Å². The zero-order valence-corrected chi connectivity index (χ0v) is 34.3. The van der Waals surface area contributed by atoms with E-state index >= 15 is 8.78 Å². The second kappa shape index (κ2) is 16.0. The Hall–Kier alpha value is -8.10. The maximum atomic E-state index is 15.1. The lowest BCUT2D eigenvalue weighted by atomic mass is 10.1. The molecule has 0 aliphatic heterocycles. The van der Waals surface area contributed by atoms with E-state index in [0.717, 1.165) is 89.9 Å². The van der Waals surface area contributed by atoms with Crippen LogP contribution in [-0.4, -0.2) is 9.13 Å². The first-order valence-corrected chi connectivity index (χ1v) is 21.1. The van der Waals surface area contributed by atoms with E-state index in [1.54, 1.807) is 0 Å². The van der Waals surface area contributed by atoms with Crippen LogP contribution in [0.25, 0.3) is 43.6 Å². The van der Waals surface area contributed by atoms with E-state index in [1.165, 1.54) is 24.3 Å². The lowest BCUT2D eigenvalue weighted by Gasteiger charge is -2.28. The molecule has 0 fully saturated rings. The molecule has 0 radical (unpaired) electrons. The summed E-state index contributed by atoms with van der Waals surface area (Å²) < 4.78 is 62.3. The van der Waals surface area contributed by atoms with Crippen molar-refractivity contribution in [2.24, 2.45) is 0 Å². The number of rotatable bonds is 10. The van der Waals surface area contributed by atoms with Gasteiger partial charge in [-0.05, 0) is 109 Å². The van der Waals surface area contributed by atoms with Crippen molar-refractivity contribution in [3.63, 3.8) is 0 Å².